The van der Waals surface area contributed by atoms with Crippen LogP contribution < -0.4 is 10.6 Å². The fourth-order valence-corrected chi connectivity index (χ4v) is 3.01. The predicted octanol–water partition coefficient (Wildman–Crippen LogP) is 3.42. The molecule has 1 aromatic rings. The number of aliphatic imine (C=N–C) groups is 1. The van der Waals surface area contributed by atoms with Crippen LogP contribution in [0.2, 0.25) is 10.0 Å². The normalized spacial score (nSPS) is 19.0. The van der Waals surface area contributed by atoms with E-state index in [1.165, 1.54) is 0 Å². The molecule has 0 aliphatic carbocycles. The van der Waals surface area contributed by atoms with Crippen molar-refractivity contribution in [2.45, 2.75) is 31.4 Å². The quantitative estimate of drug-likeness (QED) is 0.613. The van der Waals surface area contributed by atoms with Crippen LogP contribution in [0.3, 0.4) is 0 Å². The molecule has 7 heteroatoms. The SMILES string of the molecule is CN=C(NCC1(OC)CCOCC1)NC(C)c1ccc(Cl)c(Cl)c1. The molecule has 1 atom stereocenters. The number of hydrogen-bond donors (Lipinski definition) is 2. The number of ether oxygens (including phenoxy) is 2. The van der Waals surface area contributed by atoms with Crippen LogP contribution in [0.5, 0.6) is 0 Å². The van der Waals surface area contributed by atoms with Crippen molar-refractivity contribution in [3.63, 3.8) is 0 Å². The van der Waals surface area contributed by atoms with Gasteiger partial charge < -0.3 is 20.1 Å². The average molecular weight is 374 g/mol. The van der Waals surface area contributed by atoms with Crippen molar-refractivity contribution in [3.8, 4) is 0 Å². The standard InChI is InChI=1S/C17H25Cl2N3O2/c1-12(13-4-5-14(18)15(19)10-13)22-16(20-2)21-11-17(23-3)6-8-24-9-7-17/h4-5,10,12H,6-9,11H2,1-3H3,(H2,20,21,22). The molecule has 2 N–H and O–H groups in total. The maximum atomic E-state index is 6.09. The molecular weight excluding hydrogens is 349 g/mol. The molecule has 1 heterocycles. The van der Waals surface area contributed by atoms with Gasteiger partial charge in [0.2, 0.25) is 0 Å². The lowest BCUT2D eigenvalue weighted by molar-refractivity contribution is -0.0855. The van der Waals surface area contributed by atoms with Gasteiger partial charge in [0, 0.05) is 46.8 Å². The summed E-state index contributed by atoms with van der Waals surface area (Å²) in [6, 6.07) is 5.66. The molecule has 2 rings (SSSR count). The topological polar surface area (TPSA) is 54.9 Å². The minimum Gasteiger partial charge on any atom is -0.381 e. The van der Waals surface area contributed by atoms with Crippen LogP contribution in [0.1, 0.15) is 31.4 Å². The molecule has 1 unspecified atom stereocenters. The third kappa shape index (κ3) is 4.99. The average Bonchev–Trinajstić information content (AvgIpc) is 2.61. The first kappa shape index (κ1) is 19.3. The minimum atomic E-state index is -0.206. The van der Waals surface area contributed by atoms with Gasteiger partial charge in [0.1, 0.15) is 0 Å². The van der Waals surface area contributed by atoms with Gasteiger partial charge in [-0.05, 0) is 24.6 Å². The van der Waals surface area contributed by atoms with E-state index in [1.807, 2.05) is 19.1 Å². The Bertz CT molecular complexity index is 575. The van der Waals surface area contributed by atoms with Crippen LogP contribution in [0.4, 0.5) is 0 Å². The molecule has 5 nitrogen and oxygen atoms in total. The number of methoxy groups -OCH3 is 1. The van der Waals surface area contributed by atoms with Gasteiger partial charge in [0.05, 0.1) is 21.7 Å². The lowest BCUT2D eigenvalue weighted by Gasteiger charge is -2.36. The number of benzene rings is 1. The largest absolute Gasteiger partial charge is 0.381 e. The van der Waals surface area contributed by atoms with E-state index in [-0.39, 0.29) is 11.6 Å². The number of nitrogens with one attached hydrogen (secondary N) is 2. The molecule has 0 saturated carbocycles. The molecule has 0 amide bonds. The second kappa shape index (κ2) is 8.90. The van der Waals surface area contributed by atoms with Gasteiger partial charge in [-0.15, -0.1) is 0 Å². The highest BCUT2D eigenvalue weighted by atomic mass is 35.5. The first-order valence-corrected chi connectivity index (χ1v) is 8.80. The van der Waals surface area contributed by atoms with E-state index >= 15 is 0 Å². The minimum absolute atomic E-state index is 0.0409. The van der Waals surface area contributed by atoms with Crippen molar-refractivity contribution in [2.24, 2.45) is 4.99 Å². The Morgan fingerprint density at radius 3 is 2.62 bits per heavy atom. The van der Waals surface area contributed by atoms with Crippen molar-refractivity contribution < 1.29 is 9.47 Å². The number of nitrogens with zero attached hydrogens (tertiary/aromatic N) is 1. The number of rotatable bonds is 5. The Morgan fingerprint density at radius 2 is 2.04 bits per heavy atom. The van der Waals surface area contributed by atoms with Crippen LogP contribution in [0, 0.1) is 0 Å². The van der Waals surface area contributed by atoms with Gasteiger partial charge in [0.25, 0.3) is 0 Å². The van der Waals surface area contributed by atoms with Crippen molar-refractivity contribution in [1.82, 2.24) is 10.6 Å². The highest BCUT2D eigenvalue weighted by molar-refractivity contribution is 6.42. The molecule has 134 valence electrons. The smallest absolute Gasteiger partial charge is 0.191 e. The van der Waals surface area contributed by atoms with Crippen molar-refractivity contribution in [1.29, 1.82) is 0 Å². The molecule has 1 aliphatic heterocycles. The highest BCUT2D eigenvalue weighted by Crippen LogP contribution is 2.26. The Hall–Kier alpha value is -1.01. The molecule has 24 heavy (non-hydrogen) atoms. The van der Waals surface area contributed by atoms with E-state index in [0.717, 1.165) is 37.6 Å². The van der Waals surface area contributed by atoms with Gasteiger partial charge in [-0.25, -0.2) is 0 Å². The van der Waals surface area contributed by atoms with E-state index in [4.69, 9.17) is 32.7 Å². The zero-order valence-corrected chi connectivity index (χ0v) is 15.9. The molecule has 0 aromatic heterocycles. The molecule has 1 aromatic carbocycles. The number of halogens is 2. The maximum absolute atomic E-state index is 6.09. The van der Waals surface area contributed by atoms with Crippen LogP contribution in [0.25, 0.3) is 0 Å². The molecular formula is C17H25Cl2N3O2. The van der Waals surface area contributed by atoms with Gasteiger partial charge in [-0.1, -0.05) is 29.3 Å². The van der Waals surface area contributed by atoms with Crippen molar-refractivity contribution in [2.75, 3.05) is 33.9 Å². The zero-order valence-electron chi connectivity index (χ0n) is 14.4. The Kier molecular flexibility index (Phi) is 7.16. The molecule has 0 bridgehead atoms. The van der Waals surface area contributed by atoms with E-state index in [9.17, 15) is 0 Å². The van der Waals surface area contributed by atoms with Crippen LogP contribution >= 0.6 is 23.2 Å². The lowest BCUT2D eigenvalue weighted by Crippen LogP contribution is -2.51. The fourth-order valence-electron chi connectivity index (χ4n) is 2.71. The number of guanidine groups is 1. The Balaban J connectivity index is 1.95. The third-order valence-corrected chi connectivity index (χ3v) is 5.17. The van der Waals surface area contributed by atoms with Crippen molar-refractivity contribution in [3.05, 3.63) is 33.8 Å². The Labute approximate surface area is 153 Å². The summed E-state index contributed by atoms with van der Waals surface area (Å²) in [5, 5.41) is 7.82. The summed E-state index contributed by atoms with van der Waals surface area (Å²) in [4.78, 5) is 4.29. The van der Waals surface area contributed by atoms with E-state index in [1.54, 1.807) is 20.2 Å². The summed E-state index contributed by atoms with van der Waals surface area (Å²) in [6.07, 6.45) is 1.74. The fraction of sp³-hybridized carbons (Fsp3) is 0.588. The third-order valence-electron chi connectivity index (χ3n) is 4.44. The van der Waals surface area contributed by atoms with E-state index in [0.29, 0.717) is 16.6 Å². The zero-order chi connectivity index (χ0) is 17.6. The van der Waals surface area contributed by atoms with Gasteiger partial charge in [0.15, 0.2) is 5.96 Å². The summed E-state index contributed by atoms with van der Waals surface area (Å²) in [6.45, 7) is 4.18. The van der Waals surface area contributed by atoms with Gasteiger partial charge >= 0.3 is 0 Å². The summed E-state index contributed by atoms with van der Waals surface area (Å²) >= 11 is 12.1. The van der Waals surface area contributed by atoms with Crippen LogP contribution in [0.15, 0.2) is 23.2 Å². The van der Waals surface area contributed by atoms with Gasteiger partial charge in [-0.2, -0.15) is 0 Å². The lowest BCUT2D eigenvalue weighted by atomic mass is 9.94. The summed E-state index contributed by atoms with van der Waals surface area (Å²) in [7, 11) is 3.50. The second-order valence-electron chi connectivity index (χ2n) is 5.96. The summed E-state index contributed by atoms with van der Waals surface area (Å²) < 4.78 is 11.2. The first-order chi connectivity index (χ1) is 11.5. The van der Waals surface area contributed by atoms with Crippen molar-refractivity contribution >= 4 is 29.2 Å². The molecule has 1 saturated heterocycles. The van der Waals surface area contributed by atoms with Gasteiger partial charge in [-0.3, -0.25) is 4.99 Å². The monoisotopic (exact) mass is 373 g/mol. The highest BCUT2D eigenvalue weighted by Gasteiger charge is 2.32. The molecule has 1 fully saturated rings. The molecule has 0 radical (unpaired) electrons. The Morgan fingerprint density at radius 1 is 1.33 bits per heavy atom. The second-order valence-corrected chi connectivity index (χ2v) is 6.78. The molecule has 1 aliphatic rings. The van der Waals surface area contributed by atoms with E-state index in [2.05, 4.69) is 15.6 Å². The number of hydrogen-bond acceptors (Lipinski definition) is 3. The summed E-state index contributed by atoms with van der Waals surface area (Å²) in [5.41, 5.74) is 0.836. The van der Waals surface area contributed by atoms with Crippen LogP contribution in [-0.2, 0) is 9.47 Å². The summed E-state index contributed by atoms with van der Waals surface area (Å²) in [5.74, 6) is 0.719. The predicted molar refractivity (Wildman–Crippen MR) is 99.2 cm³/mol. The molecule has 0 spiro atoms. The first-order valence-electron chi connectivity index (χ1n) is 8.05. The van der Waals surface area contributed by atoms with Crippen LogP contribution in [-0.4, -0.2) is 45.5 Å². The maximum Gasteiger partial charge on any atom is 0.191 e. The van der Waals surface area contributed by atoms with E-state index < -0.39 is 0 Å².